The minimum atomic E-state index is -1.24. The lowest BCUT2D eigenvalue weighted by molar-refractivity contribution is -0.171. The SMILES string of the molecule is CCCCCCCCCCOC(=O)C(C)(C)C(=O)OCC(C)(C)C. The zero-order chi connectivity index (χ0) is 18.6. The Morgan fingerprint density at radius 1 is 0.708 bits per heavy atom. The number of rotatable bonds is 12. The number of unbranched alkanes of at least 4 members (excludes halogenated alkanes) is 7. The minimum absolute atomic E-state index is 0.118. The number of carbonyl (C=O) groups excluding carboxylic acids is 2. The second kappa shape index (κ2) is 11.5. The predicted octanol–water partition coefficient (Wildman–Crippen LogP) is 5.29. The zero-order valence-electron chi connectivity index (χ0n) is 16.7. The molecule has 142 valence electrons. The van der Waals surface area contributed by atoms with E-state index >= 15 is 0 Å². The van der Waals surface area contributed by atoms with Crippen LogP contribution in [0.25, 0.3) is 0 Å². The zero-order valence-corrected chi connectivity index (χ0v) is 16.7. The highest BCUT2D eigenvalue weighted by Gasteiger charge is 2.39. The lowest BCUT2D eigenvalue weighted by Crippen LogP contribution is -2.38. The van der Waals surface area contributed by atoms with Crippen molar-refractivity contribution in [3.8, 4) is 0 Å². The van der Waals surface area contributed by atoms with Gasteiger partial charge >= 0.3 is 11.9 Å². The van der Waals surface area contributed by atoms with Gasteiger partial charge in [-0.3, -0.25) is 9.59 Å². The standard InChI is InChI=1S/C20H38O4/c1-7-8-9-10-11-12-13-14-15-23-17(21)20(5,6)18(22)24-16-19(2,3)4/h7-16H2,1-6H3. The number of hydrogen-bond acceptors (Lipinski definition) is 4. The summed E-state index contributed by atoms with van der Waals surface area (Å²) in [5, 5.41) is 0. The summed E-state index contributed by atoms with van der Waals surface area (Å²) in [7, 11) is 0. The third kappa shape index (κ3) is 10.7. The van der Waals surface area contributed by atoms with Crippen molar-refractivity contribution < 1.29 is 19.1 Å². The molecular weight excluding hydrogens is 304 g/mol. The average Bonchev–Trinajstić information content (AvgIpc) is 2.49. The summed E-state index contributed by atoms with van der Waals surface area (Å²) in [4.78, 5) is 24.2. The van der Waals surface area contributed by atoms with Crippen LogP contribution in [0.15, 0.2) is 0 Å². The maximum Gasteiger partial charge on any atom is 0.322 e. The van der Waals surface area contributed by atoms with Crippen LogP contribution in [-0.2, 0) is 19.1 Å². The van der Waals surface area contributed by atoms with Gasteiger partial charge in [0, 0.05) is 0 Å². The van der Waals surface area contributed by atoms with E-state index in [9.17, 15) is 9.59 Å². The third-order valence-electron chi connectivity index (χ3n) is 3.89. The molecule has 0 aliphatic carbocycles. The van der Waals surface area contributed by atoms with Crippen LogP contribution in [0.4, 0.5) is 0 Å². The van der Waals surface area contributed by atoms with Gasteiger partial charge in [-0.05, 0) is 25.7 Å². The first-order valence-corrected chi connectivity index (χ1v) is 9.45. The van der Waals surface area contributed by atoms with Gasteiger partial charge < -0.3 is 9.47 Å². The molecule has 0 N–H and O–H groups in total. The molecule has 0 heterocycles. The van der Waals surface area contributed by atoms with Gasteiger partial charge in [-0.25, -0.2) is 0 Å². The Hall–Kier alpha value is -1.06. The summed E-state index contributed by atoms with van der Waals surface area (Å²) >= 11 is 0. The van der Waals surface area contributed by atoms with Crippen LogP contribution in [0.2, 0.25) is 0 Å². The van der Waals surface area contributed by atoms with E-state index in [4.69, 9.17) is 9.47 Å². The van der Waals surface area contributed by atoms with Gasteiger partial charge in [0.2, 0.25) is 0 Å². The van der Waals surface area contributed by atoms with Gasteiger partial charge in [0.05, 0.1) is 13.2 Å². The van der Waals surface area contributed by atoms with Crippen LogP contribution in [-0.4, -0.2) is 25.2 Å². The number of hydrogen-bond donors (Lipinski definition) is 0. The van der Waals surface area contributed by atoms with Gasteiger partial charge in [0.15, 0.2) is 5.41 Å². The molecule has 0 amide bonds. The molecule has 0 unspecified atom stereocenters. The highest BCUT2D eigenvalue weighted by molar-refractivity contribution is 5.99. The van der Waals surface area contributed by atoms with Crippen LogP contribution >= 0.6 is 0 Å². The van der Waals surface area contributed by atoms with Crippen molar-refractivity contribution in [1.82, 2.24) is 0 Å². The van der Waals surface area contributed by atoms with Crippen molar-refractivity contribution >= 4 is 11.9 Å². The summed E-state index contributed by atoms with van der Waals surface area (Å²) in [5.41, 5.74) is -1.36. The topological polar surface area (TPSA) is 52.6 Å². The number of ether oxygens (including phenoxy) is 2. The van der Waals surface area contributed by atoms with E-state index in [-0.39, 0.29) is 5.41 Å². The van der Waals surface area contributed by atoms with Crippen molar-refractivity contribution in [3.05, 3.63) is 0 Å². The highest BCUT2D eigenvalue weighted by atomic mass is 16.6. The van der Waals surface area contributed by atoms with Crippen molar-refractivity contribution in [3.63, 3.8) is 0 Å². The van der Waals surface area contributed by atoms with Gasteiger partial charge in [0.25, 0.3) is 0 Å². The fraction of sp³-hybridized carbons (Fsp3) is 0.900. The van der Waals surface area contributed by atoms with Gasteiger partial charge in [0.1, 0.15) is 0 Å². The van der Waals surface area contributed by atoms with Crippen LogP contribution in [0.5, 0.6) is 0 Å². The molecule has 0 saturated heterocycles. The molecule has 0 radical (unpaired) electrons. The van der Waals surface area contributed by atoms with Gasteiger partial charge in [-0.2, -0.15) is 0 Å². The molecule has 0 atom stereocenters. The van der Waals surface area contributed by atoms with Crippen molar-refractivity contribution in [2.45, 2.75) is 92.9 Å². The van der Waals surface area contributed by atoms with Crippen molar-refractivity contribution in [1.29, 1.82) is 0 Å². The molecule has 0 fully saturated rings. The van der Waals surface area contributed by atoms with Gasteiger partial charge in [-0.15, -0.1) is 0 Å². The molecule has 0 bridgehead atoms. The molecular formula is C20H38O4. The van der Waals surface area contributed by atoms with Crippen molar-refractivity contribution in [2.75, 3.05) is 13.2 Å². The molecule has 0 aromatic rings. The molecule has 24 heavy (non-hydrogen) atoms. The quantitative estimate of drug-likeness (QED) is 0.275. The Morgan fingerprint density at radius 2 is 1.17 bits per heavy atom. The molecule has 0 spiro atoms. The lowest BCUT2D eigenvalue weighted by atomic mass is 9.93. The lowest BCUT2D eigenvalue weighted by Gasteiger charge is -2.24. The van der Waals surface area contributed by atoms with Crippen LogP contribution in [0.1, 0.15) is 92.9 Å². The molecule has 0 aromatic carbocycles. The van der Waals surface area contributed by atoms with E-state index in [0.717, 1.165) is 12.8 Å². The normalized spacial score (nSPS) is 12.1. The Kier molecular flexibility index (Phi) is 11.0. The van der Waals surface area contributed by atoms with E-state index in [0.29, 0.717) is 13.2 Å². The fourth-order valence-corrected chi connectivity index (χ4v) is 2.13. The maximum absolute atomic E-state index is 12.1. The third-order valence-corrected chi connectivity index (χ3v) is 3.89. The van der Waals surface area contributed by atoms with Gasteiger partial charge in [-0.1, -0.05) is 72.6 Å². The minimum Gasteiger partial charge on any atom is -0.465 e. The van der Waals surface area contributed by atoms with E-state index < -0.39 is 17.4 Å². The molecule has 4 heteroatoms. The monoisotopic (exact) mass is 342 g/mol. The summed E-state index contributed by atoms with van der Waals surface area (Å²) in [5.74, 6) is -1.01. The molecule has 0 saturated carbocycles. The first kappa shape index (κ1) is 22.9. The Balaban J connectivity index is 3.90. The summed E-state index contributed by atoms with van der Waals surface area (Å²) in [6.45, 7) is 12.0. The molecule has 0 aliphatic rings. The second-order valence-corrected chi connectivity index (χ2v) is 8.37. The first-order valence-electron chi connectivity index (χ1n) is 9.45. The van der Waals surface area contributed by atoms with E-state index in [1.807, 2.05) is 20.8 Å². The summed E-state index contributed by atoms with van der Waals surface area (Å²) in [6, 6.07) is 0. The molecule has 0 aromatic heterocycles. The second-order valence-electron chi connectivity index (χ2n) is 8.37. The van der Waals surface area contributed by atoms with Crippen molar-refractivity contribution in [2.24, 2.45) is 10.8 Å². The Labute approximate surface area is 148 Å². The number of esters is 2. The van der Waals surface area contributed by atoms with Crippen LogP contribution in [0.3, 0.4) is 0 Å². The number of carbonyl (C=O) groups is 2. The smallest absolute Gasteiger partial charge is 0.322 e. The van der Waals surface area contributed by atoms with E-state index in [1.165, 1.54) is 38.5 Å². The largest absolute Gasteiger partial charge is 0.465 e. The van der Waals surface area contributed by atoms with E-state index in [2.05, 4.69) is 6.92 Å². The molecule has 4 nitrogen and oxygen atoms in total. The fourth-order valence-electron chi connectivity index (χ4n) is 2.13. The highest BCUT2D eigenvalue weighted by Crippen LogP contribution is 2.22. The summed E-state index contributed by atoms with van der Waals surface area (Å²) < 4.78 is 10.5. The molecule has 0 rings (SSSR count). The van der Waals surface area contributed by atoms with Crippen LogP contribution < -0.4 is 0 Å². The maximum atomic E-state index is 12.1. The Bertz CT molecular complexity index is 366. The summed E-state index contributed by atoms with van der Waals surface area (Å²) in [6.07, 6.45) is 9.54. The predicted molar refractivity (Wildman–Crippen MR) is 97.8 cm³/mol. The van der Waals surface area contributed by atoms with Crippen LogP contribution in [0, 0.1) is 10.8 Å². The average molecular weight is 343 g/mol. The first-order chi connectivity index (χ1) is 11.1. The Morgan fingerprint density at radius 3 is 1.67 bits per heavy atom. The molecule has 0 aliphatic heterocycles. The van der Waals surface area contributed by atoms with E-state index in [1.54, 1.807) is 13.8 Å².